The van der Waals surface area contributed by atoms with Crippen molar-refractivity contribution in [2.45, 2.75) is 39.2 Å². The Bertz CT molecular complexity index is 154. The SMILES string of the molecule is CC1CC(C)CC(NCCOCCO)C1. The molecule has 2 N–H and O–H groups in total. The molecule has 0 bridgehead atoms. The van der Waals surface area contributed by atoms with Crippen molar-refractivity contribution in [1.82, 2.24) is 5.32 Å². The van der Waals surface area contributed by atoms with E-state index in [0.717, 1.165) is 18.4 Å². The summed E-state index contributed by atoms with van der Waals surface area (Å²) in [5.74, 6) is 1.70. The van der Waals surface area contributed by atoms with E-state index < -0.39 is 0 Å². The number of hydrogen-bond acceptors (Lipinski definition) is 3. The largest absolute Gasteiger partial charge is 0.394 e. The molecule has 3 heteroatoms. The Morgan fingerprint density at radius 2 is 1.80 bits per heavy atom. The van der Waals surface area contributed by atoms with Gasteiger partial charge in [-0.2, -0.15) is 0 Å². The highest BCUT2D eigenvalue weighted by molar-refractivity contribution is 4.79. The van der Waals surface area contributed by atoms with E-state index in [0.29, 0.717) is 19.3 Å². The summed E-state index contributed by atoms with van der Waals surface area (Å²) in [5.41, 5.74) is 0. The molecule has 1 aliphatic carbocycles. The molecule has 0 amide bonds. The van der Waals surface area contributed by atoms with Gasteiger partial charge in [-0.3, -0.25) is 0 Å². The van der Waals surface area contributed by atoms with Crippen LogP contribution >= 0.6 is 0 Å². The minimum absolute atomic E-state index is 0.123. The average molecular weight is 215 g/mol. The van der Waals surface area contributed by atoms with Crippen LogP contribution in [0.1, 0.15) is 33.1 Å². The maximum absolute atomic E-state index is 8.54. The highest BCUT2D eigenvalue weighted by atomic mass is 16.5. The molecule has 0 aromatic heterocycles. The van der Waals surface area contributed by atoms with Gasteiger partial charge in [0.25, 0.3) is 0 Å². The third kappa shape index (κ3) is 5.50. The minimum atomic E-state index is 0.123. The second kappa shape index (κ2) is 7.20. The third-order valence-electron chi connectivity index (χ3n) is 3.09. The Labute approximate surface area is 93.2 Å². The van der Waals surface area contributed by atoms with Crippen LogP contribution in [0.15, 0.2) is 0 Å². The minimum Gasteiger partial charge on any atom is -0.394 e. The van der Waals surface area contributed by atoms with Gasteiger partial charge < -0.3 is 15.2 Å². The van der Waals surface area contributed by atoms with Crippen molar-refractivity contribution >= 4 is 0 Å². The Morgan fingerprint density at radius 1 is 1.13 bits per heavy atom. The van der Waals surface area contributed by atoms with Crippen LogP contribution in [0.5, 0.6) is 0 Å². The molecule has 2 atom stereocenters. The van der Waals surface area contributed by atoms with Crippen molar-refractivity contribution in [2.24, 2.45) is 11.8 Å². The Morgan fingerprint density at radius 3 is 2.40 bits per heavy atom. The maximum atomic E-state index is 8.54. The van der Waals surface area contributed by atoms with Gasteiger partial charge in [-0.1, -0.05) is 13.8 Å². The molecule has 0 aromatic carbocycles. The van der Waals surface area contributed by atoms with Crippen LogP contribution < -0.4 is 5.32 Å². The molecule has 0 radical (unpaired) electrons. The van der Waals surface area contributed by atoms with E-state index in [1.54, 1.807) is 0 Å². The summed E-state index contributed by atoms with van der Waals surface area (Å²) in [6, 6.07) is 0.668. The molecular formula is C12H25NO2. The van der Waals surface area contributed by atoms with E-state index in [1.807, 2.05) is 0 Å². The zero-order valence-corrected chi connectivity index (χ0v) is 10.0. The fourth-order valence-electron chi connectivity index (χ4n) is 2.62. The van der Waals surface area contributed by atoms with Crippen molar-refractivity contribution in [3.8, 4) is 0 Å². The van der Waals surface area contributed by atoms with Crippen LogP contribution in [0.3, 0.4) is 0 Å². The standard InChI is InChI=1S/C12H25NO2/c1-10-7-11(2)9-12(8-10)13-3-5-15-6-4-14/h10-14H,3-9H2,1-2H3. The summed E-state index contributed by atoms with van der Waals surface area (Å²) in [7, 11) is 0. The molecule has 15 heavy (non-hydrogen) atoms. The zero-order valence-electron chi connectivity index (χ0n) is 10.0. The van der Waals surface area contributed by atoms with E-state index in [4.69, 9.17) is 9.84 Å². The van der Waals surface area contributed by atoms with Crippen LogP contribution in [-0.2, 0) is 4.74 Å². The number of aliphatic hydroxyl groups is 1. The van der Waals surface area contributed by atoms with Crippen molar-refractivity contribution < 1.29 is 9.84 Å². The smallest absolute Gasteiger partial charge is 0.0698 e. The summed E-state index contributed by atoms with van der Waals surface area (Å²) in [6.45, 7) is 6.87. The highest BCUT2D eigenvalue weighted by Gasteiger charge is 2.22. The van der Waals surface area contributed by atoms with Gasteiger partial charge in [-0.05, 0) is 31.1 Å². The van der Waals surface area contributed by atoms with Gasteiger partial charge in [0.05, 0.1) is 19.8 Å². The lowest BCUT2D eigenvalue weighted by Crippen LogP contribution is -2.38. The molecule has 0 spiro atoms. The van der Waals surface area contributed by atoms with Gasteiger partial charge in [-0.25, -0.2) is 0 Å². The second-order valence-electron chi connectivity index (χ2n) is 4.90. The first-order valence-corrected chi connectivity index (χ1v) is 6.14. The summed E-state index contributed by atoms with van der Waals surface area (Å²) in [4.78, 5) is 0. The highest BCUT2D eigenvalue weighted by Crippen LogP contribution is 2.28. The molecule has 1 saturated carbocycles. The van der Waals surface area contributed by atoms with Gasteiger partial charge in [0.1, 0.15) is 0 Å². The molecule has 0 saturated heterocycles. The molecule has 90 valence electrons. The van der Waals surface area contributed by atoms with Crippen LogP contribution in [-0.4, -0.2) is 37.5 Å². The van der Waals surface area contributed by atoms with Gasteiger partial charge >= 0.3 is 0 Å². The first-order valence-electron chi connectivity index (χ1n) is 6.14. The summed E-state index contributed by atoms with van der Waals surface area (Å²) in [5, 5.41) is 12.1. The maximum Gasteiger partial charge on any atom is 0.0698 e. The van der Waals surface area contributed by atoms with E-state index in [9.17, 15) is 0 Å². The first kappa shape index (κ1) is 12.9. The quantitative estimate of drug-likeness (QED) is 0.658. The second-order valence-corrected chi connectivity index (χ2v) is 4.90. The first-order chi connectivity index (χ1) is 7.22. The normalized spacial score (nSPS) is 31.8. The molecular weight excluding hydrogens is 190 g/mol. The van der Waals surface area contributed by atoms with Crippen molar-refractivity contribution in [3.63, 3.8) is 0 Å². The Kier molecular flexibility index (Phi) is 6.22. The monoisotopic (exact) mass is 215 g/mol. The van der Waals surface area contributed by atoms with Gasteiger partial charge in [0.2, 0.25) is 0 Å². The van der Waals surface area contributed by atoms with Crippen LogP contribution in [0.2, 0.25) is 0 Å². The number of hydrogen-bond donors (Lipinski definition) is 2. The number of ether oxygens (including phenoxy) is 1. The number of rotatable bonds is 6. The zero-order chi connectivity index (χ0) is 11.1. The summed E-state index contributed by atoms with van der Waals surface area (Å²) in [6.07, 6.45) is 3.97. The van der Waals surface area contributed by atoms with E-state index in [-0.39, 0.29) is 6.61 Å². The van der Waals surface area contributed by atoms with Gasteiger partial charge in [-0.15, -0.1) is 0 Å². The van der Waals surface area contributed by atoms with E-state index >= 15 is 0 Å². The average Bonchev–Trinajstić information content (AvgIpc) is 2.16. The molecule has 1 rings (SSSR count). The Hall–Kier alpha value is -0.120. The van der Waals surface area contributed by atoms with Crippen LogP contribution in [0, 0.1) is 11.8 Å². The van der Waals surface area contributed by atoms with Gasteiger partial charge in [0, 0.05) is 12.6 Å². The van der Waals surface area contributed by atoms with Gasteiger partial charge in [0.15, 0.2) is 0 Å². The molecule has 3 nitrogen and oxygen atoms in total. The fraction of sp³-hybridized carbons (Fsp3) is 1.00. The number of nitrogens with one attached hydrogen (secondary N) is 1. The molecule has 2 unspecified atom stereocenters. The summed E-state index contributed by atoms with van der Waals surface area (Å²) >= 11 is 0. The van der Waals surface area contributed by atoms with E-state index in [1.165, 1.54) is 19.3 Å². The number of aliphatic hydroxyl groups excluding tert-OH is 1. The van der Waals surface area contributed by atoms with E-state index in [2.05, 4.69) is 19.2 Å². The summed E-state index contributed by atoms with van der Waals surface area (Å²) < 4.78 is 5.22. The molecule has 1 fully saturated rings. The predicted octanol–water partition coefficient (Wildman–Crippen LogP) is 1.41. The van der Waals surface area contributed by atoms with Crippen molar-refractivity contribution in [3.05, 3.63) is 0 Å². The van der Waals surface area contributed by atoms with Crippen LogP contribution in [0.25, 0.3) is 0 Å². The molecule has 1 aliphatic rings. The lowest BCUT2D eigenvalue weighted by Gasteiger charge is -2.32. The predicted molar refractivity (Wildman–Crippen MR) is 61.9 cm³/mol. The Balaban J connectivity index is 2.04. The molecule has 0 aliphatic heterocycles. The van der Waals surface area contributed by atoms with Crippen molar-refractivity contribution in [1.29, 1.82) is 0 Å². The lowest BCUT2D eigenvalue weighted by atomic mass is 9.80. The lowest BCUT2D eigenvalue weighted by molar-refractivity contribution is 0.0903. The molecule has 0 aromatic rings. The topological polar surface area (TPSA) is 41.5 Å². The van der Waals surface area contributed by atoms with Crippen LogP contribution in [0.4, 0.5) is 0 Å². The fourth-order valence-corrected chi connectivity index (χ4v) is 2.62. The third-order valence-corrected chi connectivity index (χ3v) is 3.09. The molecule has 0 heterocycles. The van der Waals surface area contributed by atoms with Crippen molar-refractivity contribution in [2.75, 3.05) is 26.4 Å².